The van der Waals surface area contributed by atoms with Crippen molar-refractivity contribution in [2.45, 2.75) is 56.1 Å². The van der Waals surface area contributed by atoms with Gasteiger partial charge < -0.3 is 10.2 Å². The highest BCUT2D eigenvalue weighted by molar-refractivity contribution is 6.43. The molecule has 11 heteroatoms. The van der Waals surface area contributed by atoms with E-state index in [9.17, 15) is 29.4 Å². The van der Waals surface area contributed by atoms with Crippen LogP contribution in [0.4, 0.5) is 0 Å². The van der Waals surface area contributed by atoms with Gasteiger partial charge >= 0.3 is 11.9 Å². The molecule has 2 amide bonds. The topological polar surface area (TPSA) is 124 Å². The van der Waals surface area contributed by atoms with Gasteiger partial charge in [-0.15, -0.1) is 0 Å². The minimum absolute atomic E-state index is 0.0557. The number of halogens is 3. The van der Waals surface area contributed by atoms with E-state index >= 15 is 0 Å². The van der Waals surface area contributed by atoms with Crippen LogP contribution in [0.5, 0.6) is 0 Å². The minimum Gasteiger partial charge on any atom is -0.481 e. The fourth-order valence-electron chi connectivity index (χ4n) is 5.47. The number of amides is 2. The van der Waals surface area contributed by atoms with Crippen LogP contribution in [0, 0.1) is 11.8 Å². The lowest BCUT2D eigenvalue weighted by atomic mass is 9.77. The van der Waals surface area contributed by atoms with Gasteiger partial charge in [0.1, 0.15) is 5.54 Å². The monoisotopic (exact) mass is 502 g/mol. The molecule has 32 heavy (non-hydrogen) atoms. The Morgan fingerprint density at radius 2 is 1.72 bits per heavy atom. The number of carboxylic acids is 2. The van der Waals surface area contributed by atoms with Crippen molar-refractivity contribution in [3.63, 3.8) is 0 Å². The van der Waals surface area contributed by atoms with E-state index in [1.807, 2.05) is 0 Å². The van der Waals surface area contributed by atoms with Crippen molar-refractivity contribution in [2.75, 3.05) is 0 Å². The van der Waals surface area contributed by atoms with Gasteiger partial charge in [0.15, 0.2) is 0 Å². The van der Waals surface area contributed by atoms with Gasteiger partial charge in [-0.25, -0.2) is 0 Å². The van der Waals surface area contributed by atoms with Crippen molar-refractivity contribution in [1.29, 1.82) is 0 Å². The third-order valence-corrected chi connectivity index (χ3v) is 7.83. The molecule has 8 nitrogen and oxygen atoms in total. The summed E-state index contributed by atoms with van der Waals surface area (Å²) in [7, 11) is 0. The van der Waals surface area contributed by atoms with Crippen molar-refractivity contribution >= 4 is 58.6 Å². The Morgan fingerprint density at radius 3 is 2.31 bits per heavy atom. The highest BCUT2D eigenvalue weighted by atomic mass is 35.5. The molecule has 1 aromatic carbocycles. The number of carboxylic acid groups (broad SMARTS) is 2. The number of likely N-dealkylation sites (tertiary alicyclic amines) is 1. The molecule has 0 bridgehead atoms. The average Bonchev–Trinajstić information content (AvgIpc) is 3.19. The van der Waals surface area contributed by atoms with Crippen molar-refractivity contribution in [3.8, 4) is 0 Å². The molecule has 2 saturated heterocycles. The second kappa shape index (κ2) is 8.48. The summed E-state index contributed by atoms with van der Waals surface area (Å²) in [6.45, 7) is 0. The fraction of sp³-hybridized carbons (Fsp3) is 0.524. The number of aliphatic carboxylic acids is 2. The number of carbonyl (C=O) groups is 4. The number of hydrogen-bond donors (Lipinski definition) is 3. The summed E-state index contributed by atoms with van der Waals surface area (Å²) in [5.74, 6) is -6.66. The molecule has 0 radical (unpaired) electrons. The van der Waals surface area contributed by atoms with Crippen LogP contribution in [0.2, 0.25) is 15.1 Å². The predicted molar refractivity (Wildman–Crippen MR) is 116 cm³/mol. The van der Waals surface area contributed by atoms with E-state index in [0.717, 1.165) is 19.3 Å². The van der Waals surface area contributed by atoms with Gasteiger partial charge in [-0.3, -0.25) is 29.4 Å². The van der Waals surface area contributed by atoms with Gasteiger partial charge in [0, 0.05) is 17.1 Å². The van der Waals surface area contributed by atoms with Gasteiger partial charge in [0.25, 0.3) is 0 Å². The molecule has 1 aromatic rings. The lowest BCUT2D eigenvalue weighted by Crippen LogP contribution is -2.57. The van der Waals surface area contributed by atoms with Crippen molar-refractivity contribution in [3.05, 3.63) is 32.8 Å². The zero-order valence-electron chi connectivity index (χ0n) is 16.8. The van der Waals surface area contributed by atoms with Crippen LogP contribution in [0.15, 0.2) is 12.1 Å². The molecule has 1 aliphatic carbocycles. The summed E-state index contributed by atoms with van der Waals surface area (Å²) in [6.07, 6.45) is 3.10. The largest absolute Gasteiger partial charge is 0.481 e. The first kappa shape index (κ1) is 23.3. The number of hydrogen-bond acceptors (Lipinski definition) is 5. The van der Waals surface area contributed by atoms with E-state index < -0.39 is 53.6 Å². The molecule has 2 heterocycles. The summed E-state index contributed by atoms with van der Waals surface area (Å²) in [5.41, 5.74) is -1.94. The molecule has 3 fully saturated rings. The Morgan fingerprint density at radius 1 is 1.06 bits per heavy atom. The van der Waals surface area contributed by atoms with E-state index in [0.29, 0.717) is 12.8 Å². The highest BCUT2D eigenvalue weighted by Crippen LogP contribution is 2.53. The van der Waals surface area contributed by atoms with Gasteiger partial charge in [0.2, 0.25) is 11.8 Å². The van der Waals surface area contributed by atoms with E-state index in [4.69, 9.17) is 34.8 Å². The Labute approximate surface area is 198 Å². The fourth-order valence-corrected chi connectivity index (χ4v) is 6.20. The standard InChI is InChI=1S/C21H21Cl3N2O6/c22-9-6-11(16(24)12(23)7-9)17-14-15(21(25-17,20(31)32)8-13(27)28)19(30)26(18(14)29)10-4-2-1-3-5-10/h6-7,10,14-15,17,25H,1-5,8H2,(H,27,28)(H,31,32). The maximum Gasteiger partial charge on any atom is 0.325 e. The van der Waals surface area contributed by atoms with Gasteiger partial charge in [0.05, 0.1) is 28.3 Å². The van der Waals surface area contributed by atoms with Crippen LogP contribution in [0.3, 0.4) is 0 Å². The molecule has 3 aliphatic rings. The molecular formula is C21H21Cl3N2O6. The molecule has 2 aliphatic heterocycles. The number of nitrogens with one attached hydrogen (secondary N) is 1. The normalized spacial score (nSPS) is 30.6. The van der Waals surface area contributed by atoms with Crippen LogP contribution in [0.25, 0.3) is 0 Å². The average molecular weight is 504 g/mol. The molecule has 172 valence electrons. The maximum absolute atomic E-state index is 13.6. The van der Waals surface area contributed by atoms with Crippen molar-refractivity contribution in [2.24, 2.45) is 11.8 Å². The lowest BCUT2D eigenvalue weighted by molar-refractivity contribution is -0.156. The van der Waals surface area contributed by atoms with E-state index in [1.165, 1.54) is 17.0 Å². The first-order valence-electron chi connectivity index (χ1n) is 10.3. The highest BCUT2D eigenvalue weighted by Gasteiger charge is 2.69. The predicted octanol–water partition coefficient (Wildman–Crippen LogP) is 3.52. The first-order valence-corrected chi connectivity index (χ1v) is 11.5. The van der Waals surface area contributed by atoms with Gasteiger partial charge in [-0.2, -0.15) is 0 Å². The van der Waals surface area contributed by atoms with Gasteiger partial charge in [-0.1, -0.05) is 54.1 Å². The van der Waals surface area contributed by atoms with Gasteiger partial charge in [-0.05, 0) is 30.5 Å². The van der Waals surface area contributed by atoms with Crippen LogP contribution in [0.1, 0.15) is 50.1 Å². The van der Waals surface area contributed by atoms with Crippen LogP contribution < -0.4 is 5.32 Å². The Kier molecular flexibility index (Phi) is 6.17. The van der Waals surface area contributed by atoms with E-state index in [-0.39, 0.29) is 26.7 Å². The van der Waals surface area contributed by atoms with Crippen LogP contribution in [-0.2, 0) is 19.2 Å². The smallest absolute Gasteiger partial charge is 0.325 e. The van der Waals surface area contributed by atoms with E-state index in [1.54, 1.807) is 0 Å². The Balaban J connectivity index is 1.87. The minimum atomic E-state index is -2.19. The zero-order chi connectivity index (χ0) is 23.4. The molecule has 0 aromatic heterocycles. The SMILES string of the molecule is O=C(O)CC1(C(=O)O)NC(c2cc(Cl)cc(Cl)c2Cl)C2C(=O)N(C3CCCCC3)C(=O)C21. The second-order valence-electron chi connectivity index (χ2n) is 8.60. The molecule has 3 N–H and O–H groups in total. The third kappa shape index (κ3) is 3.57. The molecule has 0 spiro atoms. The summed E-state index contributed by atoms with van der Waals surface area (Å²) in [6, 6.07) is 1.47. The van der Waals surface area contributed by atoms with Crippen LogP contribution >= 0.6 is 34.8 Å². The number of nitrogens with zero attached hydrogens (tertiary/aromatic N) is 1. The molecule has 1 saturated carbocycles. The Bertz CT molecular complexity index is 1010. The summed E-state index contributed by atoms with van der Waals surface area (Å²) in [5, 5.41) is 22.7. The summed E-state index contributed by atoms with van der Waals surface area (Å²) >= 11 is 18.7. The number of benzene rings is 1. The zero-order valence-corrected chi connectivity index (χ0v) is 19.1. The maximum atomic E-state index is 13.6. The van der Waals surface area contributed by atoms with E-state index in [2.05, 4.69) is 5.32 Å². The first-order chi connectivity index (χ1) is 15.1. The third-order valence-electron chi connectivity index (χ3n) is 6.80. The number of carbonyl (C=O) groups excluding carboxylic acids is 2. The summed E-state index contributed by atoms with van der Waals surface area (Å²) in [4.78, 5) is 52.4. The van der Waals surface area contributed by atoms with Crippen molar-refractivity contribution in [1.82, 2.24) is 10.2 Å². The second-order valence-corrected chi connectivity index (χ2v) is 9.82. The number of rotatable bonds is 5. The Hall–Kier alpha value is -1.87. The number of imide groups is 1. The lowest BCUT2D eigenvalue weighted by Gasteiger charge is -2.34. The summed E-state index contributed by atoms with van der Waals surface area (Å²) < 4.78 is 0. The number of fused-ring (bicyclic) bond motifs is 1. The molecule has 4 rings (SSSR count). The molecular weight excluding hydrogens is 483 g/mol. The van der Waals surface area contributed by atoms with Crippen LogP contribution in [-0.4, -0.2) is 50.4 Å². The quantitative estimate of drug-likeness (QED) is 0.415. The van der Waals surface area contributed by atoms with Crippen molar-refractivity contribution < 1.29 is 29.4 Å². The molecule has 4 unspecified atom stereocenters. The molecule has 4 atom stereocenters.